The second-order valence-corrected chi connectivity index (χ2v) is 5.02. The minimum absolute atomic E-state index is 0.101. The number of benzene rings is 1. The van der Waals surface area contributed by atoms with Gasteiger partial charge in [-0.1, -0.05) is 15.9 Å². The number of ether oxygens (including phenoxy) is 3. The zero-order chi connectivity index (χ0) is 13.0. The quantitative estimate of drug-likeness (QED) is 0.800. The predicted molar refractivity (Wildman–Crippen MR) is 69.7 cm³/mol. The highest BCUT2D eigenvalue weighted by Gasteiger charge is 2.20. The number of methoxy groups -OCH3 is 1. The molecule has 0 aliphatic carbocycles. The van der Waals surface area contributed by atoms with Gasteiger partial charge in [-0.05, 0) is 18.2 Å². The molecule has 18 heavy (non-hydrogen) atoms. The molecule has 5 heteroatoms. The third-order valence-corrected chi connectivity index (χ3v) is 3.26. The molecule has 0 spiro atoms. The van der Waals surface area contributed by atoms with Crippen molar-refractivity contribution in [2.24, 2.45) is 0 Å². The van der Waals surface area contributed by atoms with Crippen molar-refractivity contribution in [2.45, 2.75) is 18.9 Å². The van der Waals surface area contributed by atoms with E-state index in [9.17, 15) is 4.79 Å². The first kappa shape index (κ1) is 13.4. The Morgan fingerprint density at radius 1 is 1.56 bits per heavy atom. The van der Waals surface area contributed by atoms with Crippen LogP contribution in [0.25, 0.3) is 0 Å². The lowest BCUT2D eigenvalue weighted by Crippen LogP contribution is -2.19. The van der Waals surface area contributed by atoms with Gasteiger partial charge in [0.25, 0.3) is 0 Å². The monoisotopic (exact) mass is 314 g/mol. The highest BCUT2D eigenvalue weighted by atomic mass is 79.9. The van der Waals surface area contributed by atoms with Gasteiger partial charge in [0.1, 0.15) is 11.9 Å². The third kappa shape index (κ3) is 3.46. The molecule has 0 radical (unpaired) electrons. The Kier molecular flexibility index (Phi) is 4.60. The molecule has 1 aliphatic heterocycles. The lowest BCUT2D eigenvalue weighted by atomic mass is 10.1. The molecule has 0 amide bonds. The average molecular weight is 315 g/mol. The third-order valence-electron chi connectivity index (χ3n) is 2.76. The number of carbonyl (C=O) groups excluding carboxylic acids is 1. The van der Waals surface area contributed by atoms with Crippen LogP contribution in [-0.4, -0.2) is 32.4 Å². The Balaban J connectivity index is 1.99. The van der Waals surface area contributed by atoms with Gasteiger partial charge in [0.05, 0.1) is 26.7 Å². The topological polar surface area (TPSA) is 44.8 Å². The summed E-state index contributed by atoms with van der Waals surface area (Å²) in [5, 5.41) is 0. The van der Waals surface area contributed by atoms with Gasteiger partial charge in [-0.3, -0.25) is 4.79 Å². The molecule has 1 fully saturated rings. The molecule has 98 valence electrons. The molecule has 0 N–H and O–H groups in total. The first-order valence-corrected chi connectivity index (χ1v) is 6.58. The summed E-state index contributed by atoms with van der Waals surface area (Å²) in [5.74, 6) is 0.444. The SMILES string of the molecule is COc1ccc(Br)cc1CC(=O)OC1CCOC1. The molecular weight excluding hydrogens is 300 g/mol. The number of esters is 1. The molecule has 1 aromatic carbocycles. The van der Waals surface area contributed by atoms with Gasteiger partial charge in [0, 0.05) is 16.5 Å². The molecule has 1 aliphatic rings. The van der Waals surface area contributed by atoms with Crippen molar-refractivity contribution < 1.29 is 19.0 Å². The maximum atomic E-state index is 11.8. The molecule has 4 nitrogen and oxygen atoms in total. The van der Waals surface area contributed by atoms with Crippen LogP contribution < -0.4 is 4.74 Å². The van der Waals surface area contributed by atoms with Crippen molar-refractivity contribution in [3.63, 3.8) is 0 Å². The Morgan fingerprint density at radius 3 is 3.06 bits per heavy atom. The maximum Gasteiger partial charge on any atom is 0.310 e. The summed E-state index contributed by atoms with van der Waals surface area (Å²) in [5.41, 5.74) is 0.816. The fourth-order valence-electron chi connectivity index (χ4n) is 1.87. The van der Waals surface area contributed by atoms with Gasteiger partial charge in [0.15, 0.2) is 0 Å². The molecule has 1 unspecified atom stereocenters. The molecule has 1 saturated heterocycles. The van der Waals surface area contributed by atoms with Crippen molar-refractivity contribution in [2.75, 3.05) is 20.3 Å². The van der Waals surface area contributed by atoms with E-state index < -0.39 is 0 Å². The predicted octanol–water partition coefficient (Wildman–Crippen LogP) is 2.33. The summed E-state index contributed by atoms with van der Waals surface area (Å²) in [7, 11) is 1.59. The van der Waals surface area contributed by atoms with Gasteiger partial charge < -0.3 is 14.2 Å². The standard InChI is InChI=1S/C13H15BrO4/c1-16-12-3-2-10(14)6-9(12)7-13(15)18-11-4-5-17-8-11/h2-3,6,11H,4-5,7-8H2,1H3. The molecule has 0 saturated carbocycles. The zero-order valence-electron chi connectivity index (χ0n) is 10.1. The van der Waals surface area contributed by atoms with Gasteiger partial charge >= 0.3 is 5.97 Å². The number of hydrogen-bond acceptors (Lipinski definition) is 4. The van der Waals surface area contributed by atoms with E-state index in [0.29, 0.717) is 19.0 Å². The number of hydrogen-bond donors (Lipinski definition) is 0. The number of carbonyl (C=O) groups is 1. The Hall–Kier alpha value is -1.07. The summed E-state index contributed by atoms with van der Waals surface area (Å²) in [6, 6.07) is 5.56. The fourth-order valence-corrected chi connectivity index (χ4v) is 2.28. The van der Waals surface area contributed by atoms with E-state index >= 15 is 0 Å². The van der Waals surface area contributed by atoms with E-state index in [0.717, 1.165) is 16.5 Å². The highest BCUT2D eigenvalue weighted by Crippen LogP contribution is 2.24. The van der Waals surface area contributed by atoms with Gasteiger partial charge in [-0.15, -0.1) is 0 Å². The van der Waals surface area contributed by atoms with Crippen molar-refractivity contribution in [3.8, 4) is 5.75 Å². The lowest BCUT2D eigenvalue weighted by Gasteiger charge is -2.12. The number of rotatable bonds is 4. The summed E-state index contributed by atoms with van der Waals surface area (Å²) < 4.78 is 16.6. The second kappa shape index (κ2) is 6.20. The Morgan fingerprint density at radius 2 is 2.39 bits per heavy atom. The summed E-state index contributed by atoms with van der Waals surface area (Å²) in [4.78, 5) is 11.8. The van der Waals surface area contributed by atoms with Crippen molar-refractivity contribution in [3.05, 3.63) is 28.2 Å². The minimum Gasteiger partial charge on any atom is -0.496 e. The van der Waals surface area contributed by atoms with Crippen LogP contribution in [0.1, 0.15) is 12.0 Å². The Bertz CT molecular complexity index is 427. The zero-order valence-corrected chi connectivity index (χ0v) is 11.7. The van der Waals surface area contributed by atoms with Gasteiger partial charge in [-0.25, -0.2) is 0 Å². The lowest BCUT2D eigenvalue weighted by molar-refractivity contribution is -0.148. The summed E-state index contributed by atoms with van der Waals surface area (Å²) in [6.45, 7) is 1.17. The molecule has 0 aromatic heterocycles. The minimum atomic E-state index is -0.248. The van der Waals surface area contributed by atoms with Crippen LogP contribution in [-0.2, 0) is 20.7 Å². The number of halogens is 1. The summed E-state index contributed by atoms with van der Waals surface area (Å²) >= 11 is 3.38. The van der Waals surface area contributed by atoms with Crippen LogP contribution in [0, 0.1) is 0 Å². The largest absolute Gasteiger partial charge is 0.496 e. The van der Waals surface area contributed by atoms with Crippen LogP contribution in [0.5, 0.6) is 5.75 Å². The van der Waals surface area contributed by atoms with Crippen molar-refractivity contribution in [1.29, 1.82) is 0 Å². The maximum absolute atomic E-state index is 11.8. The second-order valence-electron chi connectivity index (χ2n) is 4.11. The van der Waals surface area contributed by atoms with Crippen LogP contribution in [0.2, 0.25) is 0 Å². The van der Waals surface area contributed by atoms with E-state index in [4.69, 9.17) is 14.2 Å². The van der Waals surface area contributed by atoms with Crippen LogP contribution >= 0.6 is 15.9 Å². The van der Waals surface area contributed by atoms with E-state index in [1.54, 1.807) is 7.11 Å². The molecule has 0 bridgehead atoms. The summed E-state index contributed by atoms with van der Waals surface area (Å²) in [6.07, 6.45) is 0.885. The van der Waals surface area contributed by atoms with E-state index in [1.165, 1.54) is 0 Å². The first-order valence-electron chi connectivity index (χ1n) is 5.78. The molecular formula is C13H15BrO4. The van der Waals surface area contributed by atoms with Crippen LogP contribution in [0.15, 0.2) is 22.7 Å². The smallest absolute Gasteiger partial charge is 0.310 e. The highest BCUT2D eigenvalue weighted by molar-refractivity contribution is 9.10. The van der Waals surface area contributed by atoms with Crippen LogP contribution in [0.3, 0.4) is 0 Å². The van der Waals surface area contributed by atoms with Gasteiger partial charge in [-0.2, -0.15) is 0 Å². The van der Waals surface area contributed by atoms with Gasteiger partial charge in [0.2, 0.25) is 0 Å². The fraction of sp³-hybridized carbons (Fsp3) is 0.462. The molecule has 1 heterocycles. The van der Waals surface area contributed by atoms with Crippen LogP contribution in [0.4, 0.5) is 0 Å². The average Bonchev–Trinajstić information content (AvgIpc) is 2.82. The molecule has 2 rings (SSSR count). The first-order chi connectivity index (χ1) is 8.69. The van der Waals surface area contributed by atoms with Crippen molar-refractivity contribution >= 4 is 21.9 Å². The molecule has 1 aromatic rings. The normalized spacial score (nSPS) is 18.7. The molecule has 1 atom stereocenters. The Labute approximate surface area is 114 Å². The van der Waals surface area contributed by atoms with E-state index in [1.807, 2.05) is 18.2 Å². The van der Waals surface area contributed by atoms with E-state index in [2.05, 4.69) is 15.9 Å². The van der Waals surface area contributed by atoms with E-state index in [-0.39, 0.29) is 18.5 Å². The van der Waals surface area contributed by atoms with Crippen molar-refractivity contribution in [1.82, 2.24) is 0 Å².